The molecule has 2 aromatic rings. The first-order valence-corrected chi connectivity index (χ1v) is 9.93. The summed E-state index contributed by atoms with van der Waals surface area (Å²) in [6, 6.07) is 7.58. The Kier molecular flexibility index (Phi) is 5.25. The maximum atomic E-state index is 13.1. The quantitative estimate of drug-likeness (QED) is 0.590. The highest BCUT2D eigenvalue weighted by atomic mass is 32.2. The summed E-state index contributed by atoms with van der Waals surface area (Å²) in [6.07, 6.45) is 1.90. The van der Waals surface area contributed by atoms with Crippen molar-refractivity contribution in [3.8, 4) is 11.4 Å². The lowest BCUT2D eigenvalue weighted by molar-refractivity contribution is 0.414. The largest absolute Gasteiger partial charge is 0.497 e. The van der Waals surface area contributed by atoms with Gasteiger partial charge in [-0.15, -0.1) is 11.8 Å². The molecule has 1 aromatic carbocycles. The molecule has 3 rings (SSSR count). The fourth-order valence-electron chi connectivity index (χ4n) is 2.60. The number of hydrogen-bond acceptors (Lipinski definition) is 5. The topological polar surface area (TPSA) is 44.1 Å². The summed E-state index contributed by atoms with van der Waals surface area (Å²) < 4.78 is 6.97. The van der Waals surface area contributed by atoms with E-state index in [1.807, 2.05) is 24.3 Å². The van der Waals surface area contributed by atoms with E-state index in [4.69, 9.17) is 9.72 Å². The number of nitrogens with zero attached hydrogens (tertiary/aromatic N) is 2. The van der Waals surface area contributed by atoms with Crippen molar-refractivity contribution in [3.63, 3.8) is 0 Å². The van der Waals surface area contributed by atoms with Crippen molar-refractivity contribution in [2.75, 3.05) is 7.11 Å². The summed E-state index contributed by atoms with van der Waals surface area (Å²) in [4.78, 5) is 18.8. The Morgan fingerprint density at radius 1 is 1.42 bits per heavy atom. The van der Waals surface area contributed by atoms with E-state index >= 15 is 0 Å². The zero-order valence-electron chi connectivity index (χ0n) is 14.4. The van der Waals surface area contributed by atoms with Crippen molar-refractivity contribution >= 4 is 23.5 Å². The van der Waals surface area contributed by atoms with Crippen LogP contribution < -0.4 is 10.3 Å². The smallest absolute Gasteiger partial charge is 0.272 e. The van der Waals surface area contributed by atoms with Crippen LogP contribution >= 0.6 is 23.5 Å². The molecular weight excluding hydrogens is 340 g/mol. The van der Waals surface area contributed by atoms with Gasteiger partial charge in [-0.05, 0) is 30.7 Å². The molecule has 2 atom stereocenters. The number of ether oxygens (including phenoxy) is 1. The minimum absolute atomic E-state index is 0.0466. The second-order valence-corrected chi connectivity index (χ2v) is 8.83. The van der Waals surface area contributed by atoms with Gasteiger partial charge in [-0.1, -0.05) is 32.5 Å². The predicted molar refractivity (Wildman–Crippen MR) is 101 cm³/mol. The Morgan fingerprint density at radius 3 is 2.75 bits per heavy atom. The molecule has 0 fully saturated rings. The van der Waals surface area contributed by atoms with Crippen LogP contribution in [0, 0.1) is 0 Å². The molecule has 0 saturated carbocycles. The first kappa shape index (κ1) is 17.4. The zero-order chi connectivity index (χ0) is 17.3. The fraction of sp³-hybridized carbons (Fsp3) is 0.444. The lowest BCUT2D eigenvalue weighted by Crippen LogP contribution is -2.24. The molecule has 0 spiro atoms. The van der Waals surface area contributed by atoms with Crippen LogP contribution in [0.1, 0.15) is 32.9 Å². The van der Waals surface area contributed by atoms with Crippen LogP contribution in [0.5, 0.6) is 5.75 Å². The summed E-state index contributed by atoms with van der Waals surface area (Å²) in [5.41, 5.74) is 1.83. The Bertz CT molecular complexity index is 787. The molecule has 0 unspecified atom stereocenters. The molecule has 0 bridgehead atoms. The van der Waals surface area contributed by atoms with E-state index in [1.165, 1.54) is 0 Å². The highest BCUT2D eigenvalue weighted by Crippen LogP contribution is 2.35. The van der Waals surface area contributed by atoms with E-state index in [-0.39, 0.29) is 5.56 Å². The van der Waals surface area contributed by atoms with Gasteiger partial charge in [-0.2, -0.15) is 0 Å². The monoisotopic (exact) mass is 362 g/mol. The second kappa shape index (κ2) is 7.23. The van der Waals surface area contributed by atoms with Crippen LogP contribution in [0.2, 0.25) is 0 Å². The van der Waals surface area contributed by atoms with Crippen LogP contribution in [0.25, 0.3) is 5.69 Å². The lowest BCUT2D eigenvalue weighted by Gasteiger charge is -2.16. The van der Waals surface area contributed by atoms with Gasteiger partial charge < -0.3 is 4.74 Å². The van der Waals surface area contributed by atoms with Crippen LogP contribution in [0.4, 0.5) is 0 Å². The molecule has 6 heteroatoms. The molecule has 1 aromatic heterocycles. The van der Waals surface area contributed by atoms with E-state index in [9.17, 15) is 4.79 Å². The van der Waals surface area contributed by atoms with Crippen LogP contribution in [-0.4, -0.2) is 27.2 Å². The van der Waals surface area contributed by atoms with Gasteiger partial charge in [0.05, 0.1) is 23.4 Å². The van der Waals surface area contributed by atoms with Crippen molar-refractivity contribution in [2.24, 2.45) is 0 Å². The first-order chi connectivity index (χ1) is 11.5. The standard InChI is InChI=1S/C18H22N2O2S2/c1-5-11(2)24-18-19-15-10-12(3)23-16(15)17(21)20(18)13-6-8-14(22-4)9-7-13/h6-9,11-12H,5,10H2,1-4H3/t11-,12-/m1/s1. The maximum absolute atomic E-state index is 13.1. The third-order valence-corrected chi connectivity index (χ3v) is 6.53. The molecule has 1 aliphatic heterocycles. The van der Waals surface area contributed by atoms with Gasteiger partial charge in [-0.3, -0.25) is 9.36 Å². The summed E-state index contributed by atoms with van der Waals surface area (Å²) in [6.45, 7) is 6.46. The normalized spacial score (nSPS) is 17.6. The summed E-state index contributed by atoms with van der Waals surface area (Å²) in [5, 5.41) is 1.60. The first-order valence-electron chi connectivity index (χ1n) is 8.17. The van der Waals surface area contributed by atoms with Gasteiger partial charge in [0.2, 0.25) is 0 Å². The number of benzene rings is 1. The lowest BCUT2D eigenvalue weighted by atomic mass is 10.2. The van der Waals surface area contributed by atoms with E-state index < -0.39 is 0 Å². The predicted octanol–water partition coefficient (Wildman–Crippen LogP) is 4.17. The summed E-state index contributed by atoms with van der Waals surface area (Å²) >= 11 is 3.31. The zero-order valence-corrected chi connectivity index (χ0v) is 16.0. The van der Waals surface area contributed by atoms with Crippen LogP contribution in [0.3, 0.4) is 0 Å². The molecule has 2 heterocycles. The second-order valence-electron chi connectivity index (χ2n) is 5.98. The molecule has 1 aliphatic rings. The molecule has 0 radical (unpaired) electrons. The van der Waals surface area contributed by atoms with Crippen molar-refractivity contribution in [1.82, 2.24) is 9.55 Å². The number of thioether (sulfide) groups is 2. The van der Waals surface area contributed by atoms with Gasteiger partial charge in [0.25, 0.3) is 5.56 Å². The average Bonchev–Trinajstić information content (AvgIpc) is 2.96. The van der Waals surface area contributed by atoms with E-state index in [1.54, 1.807) is 35.2 Å². The number of aromatic nitrogens is 2. The number of fused-ring (bicyclic) bond motifs is 1. The van der Waals surface area contributed by atoms with Gasteiger partial charge in [0, 0.05) is 16.9 Å². The van der Waals surface area contributed by atoms with Crippen LogP contribution in [0.15, 0.2) is 39.1 Å². The molecular formula is C18H22N2O2S2. The van der Waals surface area contributed by atoms with Gasteiger partial charge in [0.1, 0.15) is 5.75 Å². The third-order valence-electron chi connectivity index (χ3n) is 4.09. The van der Waals surface area contributed by atoms with E-state index in [0.29, 0.717) is 10.5 Å². The summed E-state index contributed by atoms with van der Waals surface area (Å²) in [7, 11) is 1.64. The molecule has 0 saturated heterocycles. The Hall–Kier alpha value is -1.40. The number of methoxy groups -OCH3 is 1. The van der Waals surface area contributed by atoms with Gasteiger partial charge in [-0.25, -0.2) is 4.98 Å². The number of rotatable bonds is 5. The van der Waals surface area contributed by atoms with Gasteiger partial charge in [0.15, 0.2) is 5.16 Å². The molecule has 0 N–H and O–H groups in total. The number of hydrogen-bond donors (Lipinski definition) is 0. The van der Waals surface area contributed by atoms with Crippen molar-refractivity contribution in [3.05, 3.63) is 40.3 Å². The molecule has 4 nitrogen and oxygen atoms in total. The summed E-state index contributed by atoms with van der Waals surface area (Å²) in [5.74, 6) is 0.778. The van der Waals surface area contributed by atoms with E-state index in [0.717, 1.165) is 40.0 Å². The van der Waals surface area contributed by atoms with Gasteiger partial charge >= 0.3 is 0 Å². The highest BCUT2D eigenvalue weighted by molar-refractivity contribution is 8.00. The Balaban J connectivity index is 2.14. The molecule has 128 valence electrons. The highest BCUT2D eigenvalue weighted by Gasteiger charge is 2.27. The SMILES string of the molecule is CC[C@@H](C)Sc1nc2c(c(=O)n1-c1ccc(OC)cc1)S[C@H](C)C2. The minimum Gasteiger partial charge on any atom is -0.497 e. The molecule has 24 heavy (non-hydrogen) atoms. The van der Waals surface area contributed by atoms with Crippen molar-refractivity contribution < 1.29 is 4.74 Å². The van der Waals surface area contributed by atoms with Crippen molar-refractivity contribution in [2.45, 2.75) is 54.2 Å². The van der Waals surface area contributed by atoms with E-state index in [2.05, 4.69) is 20.8 Å². The maximum Gasteiger partial charge on any atom is 0.272 e. The average molecular weight is 363 g/mol. The van der Waals surface area contributed by atoms with Crippen LogP contribution in [-0.2, 0) is 6.42 Å². The minimum atomic E-state index is 0.0466. The fourth-order valence-corrected chi connectivity index (χ4v) is 4.69. The molecule has 0 amide bonds. The Morgan fingerprint density at radius 2 is 2.12 bits per heavy atom. The Labute approximate surface area is 151 Å². The third kappa shape index (κ3) is 3.35. The van der Waals surface area contributed by atoms with Crippen molar-refractivity contribution in [1.29, 1.82) is 0 Å². The molecule has 0 aliphatic carbocycles.